The number of aromatic nitrogens is 4. The molecule has 1 aliphatic rings. The molecule has 1 amide bonds. The number of hydrogen-bond donors (Lipinski definition) is 1. The molecule has 0 aliphatic carbocycles. The van der Waals surface area contributed by atoms with Crippen molar-refractivity contribution in [2.24, 2.45) is 0 Å². The zero-order chi connectivity index (χ0) is 17.9. The zero-order valence-corrected chi connectivity index (χ0v) is 14.7. The van der Waals surface area contributed by atoms with Crippen LogP contribution in [0.3, 0.4) is 0 Å². The molecule has 0 spiro atoms. The summed E-state index contributed by atoms with van der Waals surface area (Å²) in [5.41, 5.74) is 3.67. The number of piperidine rings is 1. The van der Waals surface area contributed by atoms with Crippen LogP contribution in [-0.2, 0) is 0 Å². The molecule has 26 heavy (non-hydrogen) atoms. The number of aryl methyl sites for hydroxylation is 1. The van der Waals surface area contributed by atoms with Crippen LogP contribution in [0.2, 0.25) is 0 Å². The Morgan fingerprint density at radius 2 is 1.96 bits per heavy atom. The summed E-state index contributed by atoms with van der Waals surface area (Å²) < 4.78 is 0. The first-order valence-electron chi connectivity index (χ1n) is 8.91. The zero-order valence-electron chi connectivity index (χ0n) is 14.7. The van der Waals surface area contributed by atoms with Crippen LogP contribution in [0.15, 0.2) is 49.1 Å². The first-order chi connectivity index (χ1) is 12.7. The molecule has 2 aromatic heterocycles. The number of hydrogen-bond acceptors (Lipinski definition) is 4. The maximum atomic E-state index is 12.9. The highest BCUT2D eigenvalue weighted by Gasteiger charge is 2.31. The Hall–Kier alpha value is -3.02. The molecule has 0 bridgehead atoms. The summed E-state index contributed by atoms with van der Waals surface area (Å²) in [6.45, 7) is 2.78. The molecular weight excluding hydrogens is 326 g/mol. The summed E-state index contributed by atoms with van der Waals surface area (Å²) in [6, 6.07) is 8.27. The van der Waals surface area contributed by atoms with E-state index in [0.29, 0.717) is 12.2 Å². The number of aromatic amines is 1. The van der Waals surface area contributed by atoms with Gasteiger partial charge in [0.05, 0.1) is 24.1 Å². The number of benzene rings is 1. The number of imidazole rings is 1. The molecule has 3 aromatic rings. The van der Waals surface area contributed by atoms with Gasteiger partial charge < -0.3 is 9.88 Å². The first-order valence-corrected chi connectivity index (χ1v) is 8.91. The number of carbonyl (C=O) groups excluding carboxylic acids is 1. The summed E-state index contributed by atoms with van der Waals surface area (Å²) in [4.78, 5) is 30.9. The van der Waals surface area contributed by atoms with Gasteiger partial charge in [0, 0.05) is 18.9 Å². The number of nitrogens with one attached hydrogen (secondary N) is 1. The standard InChI is InChI=1S/C20H21N5O/c1-14-5-7-15(8-6-14)16-13-23-19(24-16)18-4-2-3-11-25(18)20(26)17-12-21-9-10-22-17/h5-10,12-13,18H,2-4,11H2,1H3,(H,23,24)/t18-/m1/s1. The van der Waals surface area contributed by atoms with Gasteiger partial charge in [-0.05, 0) is 31.7 Å². The van der Waals surface area contributed by atoms with E-state index >= 15 is 0 Å². The lowest BCUT2D eigenvalue weighted by Crippen LogP contribution is -2.39. The average Bonchev–Trinajstić information content (AvgIpc) is 3.19. The number of amides is 1. The van der Waals surface area contributed by atoms with E-state index in [-0.39, 0.29) is 11.9 Å². The van der Waals surface area contributed by atoms with Crippen LogP contribution in [0, 0.1) is 6.92 Å². The monoisotopic (exact) mass is 347 g/mol. The third kappa shape index (κ3) is 3.22. The molecule has 3 heterocycles. The van der Waals surface area contributed by atoms with E-state index in [2.05, 4.69) is 51.1 Å². The molecule has 6 nitrogen and oxygen atoms in total. The van der Waals surface area contributed by atoms with Crippen molar-refractivity contribution in [2.45, 2.75) is 32.2 Å². The minimum Gasteiger partial charge on any atom is -0.340 e. The minimum absolute atomic E-state index is 0.0579. The van der Waals surface area contributed by atoms with Crippen LogP contribution >= 0.6 is 0 Å². The van der Waals surface area contributed by atoms with E-state index in [4.69, 9.17) is 0 Å². The minimum atomic E-state index is -0.0870. The number of likely N-dealkylation sites (tertiary alicyclic amines) is 1. The predicted octanol–water partition coefficient (Wildman–Crippen LogP) is 3.54. The Bertz CT molecular complexity index is 888. The molecule has 6 heteroatoms. The SMILES string of the molecule is Cc1ccc(-c2cnc([C@H]3CCCCN3C(=O)c3cnccn3)[nH]2)cc1. The first kappa shape index (κ1) is 16.4. The van der Waals surface area contributed by atoms with Crippen LogP contribution in [0.1, 0.15) is 47.2 Å². The molecule has 1 N–H and O–H groups in total. The van der Waals surface area contributed by atoms with Crippen molar-refractivity contribution in [1.29, 1.82) is 0 Å². The second-order valence-corrected chi connectivity index (χ2v) is 6.65. The van der Waals surface area contributed by atoms with E-state index < -0.39 is 0 Å². The molecule has 4 rings (SSSR count). The summed E-state index contributed by atoms with van der Waals surface area (Å²) in [5.74, 6) is 0.744. The number of nitrogens with zero attached hydrogens (tertiary/aromatic N) is 4. The Labute approximate surface area is 152 Å². The van der Waals surface area contributed by atoms with Gasteiger partial charge in [-0.2, -0.15) is 0 Å². The second kappa shape index (κ2) is 7.07. The lowest BCUT2D eigenvalue weighted by Gasteiger charge is -2.34. The number of H-pyrrole nitrogens is 1. The highest BCUT2D eigenvalue weighted by molar-refractivity contribution is 5.92. The maximum Gasteiger partial charge on any atom is 0.274 e. The van der Waals surface area contributed by atoms with Crippen LogP contribution in [0.5, 0.6) is 0 Å². The fraction of sp³-hybridized carbons (Fsp3) is 0.300. The third-order valence-corrected chi connectivity index (χ3v) is 4.82. The van der Waals surface area contributed by atoms with Crippen molar-refractivity contribution < 1.29 is 4.79 Å². The van der Waals surface area contributed by atoms with Gasteiger partial charge in [-0.3, -0.25) is 9.78 Å². The van der Waals surface area contributed by atoms with Gasteiger partial charge in [0.1, 0.15) is 11.5 Å². The van der Waals surface area contributed by atoms with Gasteiger partial charge in [0.25, 0.3) is 5.91 Å². The van der Waals surface area contributed by atoms with E-state index in [1.165, 1.54) is 11.8 Å². The van der Waals surface area contributed by atoms with Crippen molar-refractivity contribution in [3.05, 3.63) is 66.1 Å². The molecule has 0 saturated carbocycles. The van der Waals surface area contributed by atoms with E-state index in [1.807, 2.05) is 11.1 Å². The molecule has 1 atom stereocenters. The van der Waals surface area contributed by atoms with Crippen molar-refractivity contribution >= 4 is 5.91 Å². The summed E-state index contributed by atoms with van der Waals surface area (Å²) in [6.07, 6.45) is 9.46. The van der Waals surface area contributed by atoms with Gasteiger partial charge in [0.2, 0.25) is 0 Å². The van der Waals surface area contributed by atoms with Crippen LogP contribution in [0.4, 0.5) is 0 Å². The smallest absolute Gasteiger partial charge is 0.274 e. The largest absolute Gasteiger partial charge is 0.340 e. The van der Waals surface area contributed by atoms with Crippen molar-refractivity contribution in [1.82, 2.24) is 24.8 Å². The van der Waals surface area contributed by atoms with Crippen molar-refractivity contribution in [3.63, 3.8) is 0 Å². The lowest BCUT2D eigenvalue weighted by atomic mass is 10.0. The Morgan fingerprint density at radius 3 is 2.73 bits per heavy atom. The quantitative estimate of drug-likeness (QED) is 0.786. The van der Waals surface area contributed by atoms with Gasteiger partial charge in [-0.15, -0.1) is 0 Å². The molecule has 1 saturated heterocycles. The highest BCUT2D eigenvalue weighted by atomic mass is 16.2. The average molecular weight is 347 g/mol. The topological polar surface area (TPSA) is 74.8 Å². The Kier molecular flexibility index (Phi) is 4.48. The molecule has 1 fully saturated rings. The normalized spacial score (nSPS) is 17.3. The van der Waals surface area contributed by atoms with Gasteiger partial charge in [-0.1, -0.05) is 29.8 Å². The molecule has 1 aromatic carbocycles. The van der Waals surface area contributed by atoms with Gasteiger partial charge in [0.15, 0.2) is 0 Å². The van der Waals surface area contributed by atoms with Crippen LogP contribution in [0.25, 0.3) is 11.3 Å². The van der Waals surface area contributed by atoms with E-state index in [0.717, 1.165) is 36.3 Å². The fourth-order valence-corrected chi connectivity index (χ4v) is 3.40. The van der Waals surface area contributed by atoms with Crippen LogP contribution < -0.4 is 0 Å². The summed E-state index contributed by atoms with van der Waals surface area (Å²) in [7, 11) is 0. The third-order valence-electron chi connectivity index (χ3n) is 4.82. The fourth-order valence-electron chi connectivity index (χ4n) is 3.40. The van der Waals surface area contributed by atoms with Gasteiger partial charge >= 0.3 is 0 Å². The lowest BCUT2D eigenvalue weighted by molar-refractivity contribution is 0.0594. The Balaban J connectivity index is 1.61. The van der Waals surface area contributed by atoms with Crippen LogP contribution in [-0.4, -0.2) is 37.3 Å². The van der Waals surface area contributed by atoms with Crippen molar-refractivity contribution in [2.75, 3.05) is 6.54 Å². The van der Waals surface area contributed by atoms with Gasteiger partial charge in [-0.25, -0.2) is 9.97 Å². The van der Waals surface area contributed by atoms with Crippen molar-refractivity contribution in [3.8, 4) is 11.3 Å². The second-order valence-electron chi connectivity index (χ2n) is 6.65. The maximum absolute atomic E-state index is 12.9. The molecule has 132 valence electrons. The molecule has 1 aliphatic heterocycles. The summed E-state index contributed by atoms with van der Waals surface area (Å²) >= 11 is 0. The summed E-state index contributed by atoms with van der Waals surface area (Å²) in [5, 5.41) is 0. The highest BCUT2D eigenvalue weighted by Crippen LogP contribution is 2.31. The Morgan fingerprint density at radius 1 is 1.12 bits per heavy atom. The van der Waals surface area contributed by atoms with E-state index in [9.17, 15) is 4.79 Å². The van der Waals surface area contributed by atoms with E-state index in [1.54, 1.807) is 12.4 Å². The molecular formula is C20H21N5O. The molecule has 0 unspecified atom stereocenters. The predicted molar refractivity (Wildman–Crippen MR) is 98.4 cm³/mol. The number of carbonyl (C=O) groups is 1. The number of rotatable bonds is 3. The molecule has 0 radical (unpaired) electrons.